The van der Waals surface area contributed by atoms with Crippen molar-refractivity contribution in [2.75, 3.05) is 38.0 Å². The number of anilines is 1. The first kappa shape index (κ1) is 23.2. The Bertz CT molecular complexity index is 652. The molecule has 1 aliphatic rings. The molecule has 0 spiro atoms. The lowest BCUT2D eigenvalue weighted by molar-refractivity contribution is 0.0724. The van der Waals surface area contributed by atoms with Crippen molar-refractivity contribution in [1.82, 2.24) is 15.1 Å². The number of carbonyl (C=O) groups excluding carboxylic acids is 2. The normalized spacial score (nSPS) is 15.4. The molecule has 6 nitrogen and oxygen atoms in total. The van der Waals surface area contributed by atoms with Crippen molar-refractivity contribution >= 4 is 17.6 Å². The van der Waals surface area contributed by atoms with Crippen molar-refractivity contribution in [1.29, 1.82) is 0 Å². The Labute approximate surface area is 176 Å². The van der Waals surface area contributed by atoms with Crippen LogP contribution in [-0.4, -0.2) is 60.5 Å². The summed E-state index contributed by atoms with van der Waals surface area (Å²) >= 11 is 0. The molecule has 6 heteroatoms. The minimum absolute atomic E-state index is 0.0484. The molecule has 2 N–H and O–H groups in total. The average Bonchev–Trinajstić information content (AvgIpc) is 2.72. The van der Waals surface area contributed by atoms with Crippen LogP contribution in [0.3, 0.4) is 0 Å². The topological polar surface area (TPSA) is 64.7 Å². The zero-order valence-corrected chi connectivity index (χ0v) is 18.5. The van der Waals surface area contributed by atoms with Gasteiger partial charge in [0.05, 0.1) is 0 Å². The molecule has 1 saturated heterocycles. The molecular formula is C23H38N4O2. The lowest BCUT2D eigenvalue weighted by Gasteiger charge is -2.31. The number of nitrogens with zero attached hydrogens (tertiary/aromatic N) is 2. The van der Waals surface area contributed by atoms with Gasteiger partial charge in [0.25, 0.3) is 5.91 Å². The molecule has 1 atom stereocenters. The van der Waals surface area contributed by atoms with Crippen LogP contribution in [0.25, 0.3) is 0 Å². The molecule has 2 rings (SSSR count). The van der Waals surface area contributed by atoms with Crippen LogP contribution >= 0.6 is 0 Å². The van der Waals surface area contributed by atoms with E-state index in [0.29, 0.717) is 29.8 Å². The predicted octanol–water partition coefficient (Wildman–Crippen LogP) is 4.19. The smallest absolute Gasteiger partial charge is 0.319 e. The lowest BCUT2D eigenvalue weighted by Crippen LogP contribution is -2.45. The zero-order valence-electron chi connectivity index (χ0n) is 18.5. The van der Waals surface area contributed by atoms with Gasteiger partial charge in [-0.3, -0.25) is 9.69 Å². The van der Waals surface area contributed by atoms with E-state index in [1.807, 2.05) is 23.1 Å². The van der Waals surface area contributed by atoms with Crippen LogP contribution in [0.15, 0.2) is 24.3 Å². The molecule has 29 heavy (non-hydrogen) atoms. The summed E-state index contributed by atoms with van der Waals surface area (Å²) < 4.78 is 0. The van der Waals surface area contributed by atoms with Crippen molar-refractivity contribution in [3.63, 3.8) is 0 Å². The standard InChI is InChI=1S/C23H38N4O2/c1-5-26(6-2)21(15-18(3)4)17-24-23(29)25-20-12-10-11-19(16-20)22(28)27-13-8-7-9-14-27/h10-12,16,18,21H,5-9,13-15,17H2,1-4H3,(H2,24,25,29). The summed E-state index contributed by atoms with van der Waals surface area (Å²) in [6.07, 6.45) is 4.37. The summed E-state index contributed by atoms with van der Waals surface area (Å²) in [5, 5.41) is 5.90. The number of rotatable bonds is 9. The number of likely N-dealkylation sites (tertiary alicyclic amines) is 1. The van der Waals surface area contributed by atoms with E-state index >= 15 is 0 Å². The molecule has 0 bridgehead atoms. The van der Waals surface area contributed by atoms with Gasteiger partial charge in [-0.1, -0.05) is 33.8 Å². The van der Waals surface area contributed by atoms with E-state index in [4.69, 9.17) is 0 Å². The van der Waals surface area contributed by atoms with Gasteiger partial charge in [-0.15, -0.1) is 0 Å². The van der Waals surface area contributed by atoms with Crippen molar-refractivity contribution in [3.05, 3.63) is 29.8 Å². The number of hydrogen-bond acceptors (Lipinski definition) is 3. The minimum atomic E-state index is -0.228. The Hall–Kier alpha value is -2.08. The maximum absolute atomic E-state index is 12.7. The highest BCUT2D eigenvalue weighted by Crippen LogP contribution is 2.16. The number of benzene rings is 1. The second-order valence-electron chi connectivity index (χ2n) is 8.27. The molecule has 0 radical (unpaired) electrons. The number of amides is 3. The van der Waals surface area contributed by atoms with Gasteiger partial charge in [0, 0.05) is 36.9 Å². The first-order chi connectivity index (χ1) is 13.9. The molecule has 1 heterocycles. The summed E-state index contributed by atoms with van der Waals surface area (Å²) in [6, 6.07) is 7.33. The first-order valence-corrected chi connectivity index (χ1v) is 11.1. The number of hydrogen-bond donors (Lipinski definition) is 2. The molecule has 162 valence electrons. The van der Waals surface area contributed by atoms with Gasteiger partial charge >= 0.3 is 6.03 Å². The quantitative estimate of drug-likeness (QED) is 0.651. The first-order valence-electron chi connectivity index (χ1n) is 11.1. The molecule has 3 amide bonds. The Morgan fingerprint density at radius 3 is 2.41 bits per heavy atom. The van der Waals surface area contributed by atoms with Gasteiger partial charge < -0.3 is 15.5 Å². The van der Waals surface area contributed by atoms with E-state index < -0.39 is 0 Å². The van der Waals surface area contributed by atoms with Crippen LogP contribution in [-0.2, 0) is 0 Å². The summed E-state index contributed by atoms with van der Waals surface area (Å²) in [5.41, 5.74) is 1.28. The third-order valence-corrected chi connectivity index (χ3v) is 5.58. The average molecular weight is 403 g/mol. The van der Waals surface area contributed by atoms with Crippen LogP contribution in [0.1, 0.15) is 63.7 Å². The molecule has 1 aromatic rings. The van der Waals surface area contributed by atoms with E-state index in [0.717, 1.165) is 45.4 Å². The second-order valence-corrected chi connectivity index (χ2v) is 8.27. The predicted molar refractivity (Wildman–Crippen MR) is 119 cm³/mol. The van der Waals surface area contributed by atoms with Crippen LogP contribution in [0.5, 0.6) is 0 Å². The maximum atomic E-state index is 12.7. The molecule has 0 aromatic heterocycles. The number of carbonyl (C=O) groups is 2. The minimum Gasteiger partial charge on any atom is -0.339 e. The molecule has 1 unspecified atom stereocenters. The van der Waals surface area contributed by atoms with E-state index in [1.54, 1.807) is 6.07 Å². The molecule has 0 aliphatic carbocycles. The Morgan fingerprint density at radius 2 is 1.79 bits per heavy atom. The largest absolute Gasteiger partial charge is 0.339 e. The van der Waals surface area contributed by atoms with Gasteiger partial charge in [-0.05, 0) is 62.9 Å². The SMILES string of the molecule is CCN(CC)C(CNC(=O)Nc1cccc(C(=O)N2CCCCC2)c1)CC(C)C. The van der Waals surface area contributed by atoms with Gasteiger partial charge in [0.2, 0.25) is 0 Å². The van der Waals surface area contributed by atoms with Gasteiger partial charge in [-0.25, -0.2) is 4.79 Å². The van der Waals surface area contributed by atoms with Crippen molar-refractivity contribution < 1.29 is 9.59 Å². The van der Waals surface area contributed by atoms with Gasteiger partial charge in [-0.2, -0.15) is 0 Å². The van der Waals surface area contributed by atoms with E-state index in [2.05, 4.69) is 43.2 Å². The number of nitrogens with one attached hydrogen (secondary N) is 2. The Balaban J connectivity index is 1.93. The lowest BCUT2D eigenvalue weighted by atomic mass is 10.0. The fourth-order valence-electron chi connectivity index (χ4n) is 4.04. The van der Waals surface area contributed by atoms with Crippen LogP contribution in [0.2, 0.25) is 0 Å². The highest BCUT2D eigenvalue weighted by atomic mass is 16.2. The van der Waals surface area contributed by atoms with Crippen LogP contribution in [0.4, 0.5) is 10.5 Å². The molecule has 1 aliphatic heterocycles. The second kappa shape index (κ2) is 11.8. The van der Waals surface area contributed by atoms with Gasteiger partial charge in [0.15, 0.2) is 0 Å². The maximum Gasteiger partial charge on any atom is 0.319 e. The number of urea groups is 1. The zero-order chi connectivity index (χ0) is 21.2. The third-order valence-electron chi connectivity index (χ3n) is 5.58. The Kier molecular flexibility index (Phi) is 9.45. The monoisotopic (exact) mass is 402 g/mol. The third kappa shape index (κ3) is 7.35. The highest BCUT2D eigenvalue weighted by Gasteiger charge is 2.20. The summed E-state index contributed by atoms with van der Waals surface area (Å²) in [4.78, 5) is 29.4. The summed E-state index contributed by atoms with van der Waals surface area (Å²) in [6.45, 7) is 12.9. The van der Waals surface area contributed by atoms with Crippen molar-refractivity contribution in [3.8, 4) is 0 Å². The fourth-order valence-corrected chi connectivity index (χ4v) is 4.04. The molecular weight excluding hydrogens is 364 g/mol. The van der Waals surface area contributed by atoms with E-state index in [1.165, 1.54) is 6.42 Å². The molecule has 0 saturated carbocycles. The fraction of sp³-hybridized carbons (Fsp3) is 0.652. The molecule has 1 fully saturated rings. The Morgan fingerprint density at radius 1 is 1.10 bits per heavy atom. The molecule has 1 aromatic carbocycles. The van der Waals surface area contributed by atoms with E-state index in [9.17, 15) is 9.59 Å². The van der Waals surface area contributed by atoms with Crippen LogP contribution in [0, 0.1) is 5.92 Å². The highest BCUT2D eigenvalue weighted by molar-refractivity contribution is 5.97. The number of piperidine rings is 1. The van der Waals surface area contributed by atoms with Crippen LogP contribution < -0.4 is 10.6 Å². The summed E-state index contributed by atoms with van der Waals surface area (Å²) in [5.74, 6) is 0.621. The summed E-state index contributed by atoms with van der Waals surface area (Å²) in [7, 11) is 0. The van der Waals surface area contributed by atoms with Gasteiger partial charge in [0.1, 0.15) is 0 Å². The van der Waals surface area contributed by atoms with Crippen molar-refractivity contribution in [2.24, 2.45) is 5.92 Å². The van der Waals surface area contributed by atoms with E-state index in [-0.39, 0.29) is 11.9 Å². The van der Waals surface area contributed by atoms with Crippen molar-refractivity contribution in [2.45, 2.75) is 59.4 Å². The number of likely N-dealkylation sites (N-methyl/N-ethyl adjacent to an activating group) is 1.